The minimum absolute atomic E-state index is 0.173. The number of aliphatic hydroxyl groups is 1. The van der Waals surface area contributed by atoms with Gasteiger partial charge in [-0.25, -0.2) is 0 Å². The second kappa shape index (κ2) is 4.77. The molecule has 0 aliphatic rings. The first-order valence-electron chi connectivity index (χ1n) is 3.69. The van der Waals surface area contributed by atoms with Gasteiger partial charge < -0.3 is 15.6 Å². The molecule has 0 unspecified atom stereocenters. The molecule has 0 saturated carbocycles. The minimum Gasteiger partial charge on any atom is -0.476 e. The van der Waals surface area contributed by atoms with Crippen LogP contribution in [0.4, 0.5) is 0 Å². The van der Waals surface area contributed by atoms with Crippen LogP contribution in [0.15, 0.2) is 17.0 Å². The number of allylic oxidation sites excluding steroid dienone is 1. The maximum absolute atomic E-state index is 9.25. The van der Waals surface area contributed by atoms with Crippen molar-refractivity contribution in [3.8, 4) is 0 Å². The molecule has 4 heteroatoms. The second-order valence-corrected chi connectivity index (χ2v) is 3.08. The summed E-state index contributed by atoms with van der Waals surface area (Å²) in [5, 5.41) is 9.25. The van der Waals surface area contributed by atoms with Crippen molar-refractivity contribution in [3.63, 3.8) is 0 Å². The van der Waals surface area contributed by atoms with Gasteiger partial charge in [-0.15, -0.1) is 0 Å². The molecule has 0 fully saturated rings. The normalized spacial score (nSPS) is 13.8. The van der Waals surface area contributed by atoms with Crippen molar-refractivity contribution in [1.82, 2.24) is 0 Å². The van der Waals surface area contributed by atoms with Gasteiger partial charge in [0.2, 0.25) is 0 Å². The molecule has 4 nitrogen and oxygen atoms in total. The molecule has 3 N–H and O–H groups in total. The van der Waals surface area contributed by atoms with Crippen LogP contribution in [0.25, 0.3) is 0 Å². The van der Waals surface area contributed by atoms with Crippen LogP contribution >= 0.6 is 0 Å². The van der Waals surface area contributed by atoms with E-state index in [-0.39, 0.29) is 12.5 Å². The molecule has 0 bridgehead atoms. The highest BCUT2D eigenvalue weighted by molar-refractivity contribution is 5.71. The molecule has 0 amide bonds. The Morgan fingerprint density at radius 3 is 2.67 bits per heavy atom. The van der Waals surface area contributed by atoms with Crippen molar-refractivity contribution in [2.75, 3.05) is 13.7 Å². The topological polar surface area (TPSA) is 67.8 Å². The number of nitrogens with zero attached hydrogens (tertiary/aromatic N) is 1. The van der Waals surface area contributed by atoms with Gasteiger partial charge in [-0.2, -0.15) is 0 Å². The lowest BCUT2D eigenvalue weighted by Crippen LogP contribution is -2.27. The number of hydrogen-bond donors (Lipinski definition) is 2. The lowest BCUT2D eigenvalue weighted by molar-refractivity contribution is 0.00251. The zero-order valence-electron chi connectivity index (χ0n) is 7.74. The van der Waals surface area contributed by atoms with Gasteiger partial charge in [-0.3, -0.25) is 4.99 Å². The molecule has 12 heavy (non-hydrogen) atoms. The summed E-state index contributed by atoms with van der Waals surface area (Å²) in [6.45, 7) is 3.47. The highest BCUT2D eigenvalue weighted by Gasteiger charge is 2.12. The third-order valence-corrected chi connectivity index (χ3v) is 0.980. The Morgan fingerprint density at radius 1 is 1.67 bits per heavy atom. The minimum atomic E-state index is -0.859. The molecule has 0 spiro atoms. The van der Waals surface area contributed by atoms with Crippen LogP contribution in [0.2, 0.25) is 0 Å². The van der Waals surface area contributed by atoms with Crippen LogP contribution in [0.5, 0.6) is 0 Å². The van der Waals surface area contributed by atoms with Crippen molar-refractivity contribution >= 4 is 6.21 Å². The predicted octanol–water partition coefficient (Wildman–Crippen LogP) is 0.275. The molecule has 0 saturated heterocycles. The average molecular weight is 172 g/mol. The highest BCUT2D eigenvalue weighted by atomic mass is 16.5. The van der Waals surface area contributed by atoms with E-state index in [2.05, 4.69) is 4.99 Å². The van der Waals surface area contributed by atoms with E-state index in [9.17, 15) is 5.11 Å². The van der Waals surface area contributed by atoms with Gasteiger partial charge in [-0.05, 0) is 13.8 Å². The van der Waals surface area contributed by atoms with Crippen molar-refractivity contribution in [2.24, 2.45) is 10.7 Å². The Bertz CT molecular complexity index is 180. The molecule has 70 valence electrons. The number of nitrogens with two attached hydrogens (primary N) is 1. The quantitative estimate of drug-likeness (QED) is 0.472. The Morgan fingerprint density at radius 2 is 2.25 bits per heavy atom. The molecule has 0 aliphatic carbocycles. The van der Waals surface area contributed by atoms with Crippen LogP contribution in [0.3, 0.4) is 0 Å². The number of ether oxygens (including phenoxy) is 1. The molecule has 0 rings (SSSR count). The van der Waals surface area contributed by atoms with E-state index in [4.69, 9.17) is 10.5 Å². The first-order valence-corrected chi connectivity index (χ1v) is 3.69. The molecule has 0 heterocycles. The van der Waals surface area contributed by atoms with Crippen molar-refractivity contribution in [3.05, 3.63) is 12.0 Å². The Hall–Kier alpha value is -1.03. The first-order chi connectivity index (χ1) is 5.45. The largest absolute Gasteiger partial charge is 0.476 e. The zero-order chi connectivity index (χ0) is 9.61. The lowest BCUT2D eigenvalue weighted by atomic mass is 10.2. The zero-order valence-corrected chi connectivity index (χ0v) is 7.74. The fraction of sp³-hybridized carbons (Fsp3) is 0.625. The third kappa shape index (κ3) is 7.08. The molecular weight excluding hydrogens is 156 g/mol. The fourth-order valence-corrected chi connectivity index (χ4v) is 0.456. The van der Waals surface area contributed by atoms with E-state index in [0.29, 0.717) is 0 Å². The summed E-state index contributed by atoms with van der Waals surface area (Å²) >= 11 is 0. The van der Waals surface area contributed by atoms with Crippen molar-refractivity contribution in [1.29, 1.82) is 0 Å². The van der Waals surface area contributed by atoms with Gasteiger partial charge in [0.1, 0.15) is 6.61 Å². The SMILES string of the molecule is CN=C/C=C(\N)OCC(C)(C)O. The smallest absolute Gasteiger partial charge is 0.185 e. The van der Waals surface area contributed by atoms with Crippen molar-refractivity contribution in [2.45, 2.75) is 19.4 Å². The Balaban J connectivity index is 3.79. The second-order valence-electron chi connectivity index (χ2n) is 3.08. The number of rotatable bonds is 4. The van der Waals surface area contributed by atoms with Gasteiger partial charge in [0.15, 0.2) is 5.88 Å². The summed E-state index contributed by atoms with van der Waals surface area (Å²) in [4.78, 5) is 3.70. The monoisotopic (exact) mass is 172 g/mol. The maximum Gasteiger partial charge on any atom is 0.185 e. The summed E-state index contributed by atoms with van der Waals surface area (Å²) in [6, 6.07) is 0. The van der Waals surface area contributed by atoms with Crippen LogP contribution in [0, 0.1) is 0 Å². The Kier molecular flexibility index (Phi) is 4.36. The molecule has 0 aromatic heterocycles. The molecule has 0 atom stereocenters. The van der Waals surface area contributed by atoms with E-state index in [1.807, 2.05) is 0 Å². The van der Waals surface area contributed by atoms with Gasteiger partial charge in [0.05, 0.1) is 5.60 Å². The molecule has 0 radical (unpaired) electrons. The summed E-state index contributed by atoms with van der Waals surface area (Å²) in [7, 11) is 1.64. The standard InChI is InChI=1S/C8H16N2O2/c1-8(2,11)6-12-7(9)4-5-10-3/h4-5,11H,6,9H2,1-3H3/b7-4+,10-5?. The summed E-state index contributed by atoms with van der Waals surface area (Å²) in [5.74, 6) is 0.253. The van der Waals surface area contributed by atoms with E-state index < -0.39 is 5.60 Å². The van der Waals surface area contributed by atoms with Crippen LogP contribution in [-0.4, -0.2) is 30.6 Å². The van der Waals surface area contributed by atoms with Gasteiger partial charge in [0.25, 0.3) is 0 Å². The van der Waals surface area contributed by atoms with Crippen LogP contribution < -0.4 is 5.73 Å². The van der Waals surface area contributed by atoms with Gasteiger partial charge >= 0.3 is 0 Å². The van der Waals surface area contributed by atoms with E-state index in [1.54, 1.807) is 20.9 Å². The molecule has 0 aromatic rings. The van der Waals surface area contributed by atoms with E-state index in [0.717, 1.165) is 0 Å². The maximum atomic E-state index is 9.25. The van der Waals surface area contributed by atoms with E-state index >= 15 is 0 Å². The number of hydrogen-bond acceptors (Lipinski definition) is 4. The van der Waals surface area contributed by atoms with Crippen molar-refractivity contribution < 1.29 is 9.84 Å². The predicted molar refractivity (Wildman–Crippen MR) is 48.9 cm³/mol. The van der Waals surface area contributed by atoms with Crippen LogP contribution in [0.1, 0.15) is 13.8 Å². The Labute approximate surface area is 72.7 Å². The highest BCUT2D eigenvalue weighted by Crippen LogP contribution is 2.02. The number of aliphatic imine (C=N–C) groups is 1. The third-order valence-electron chi connectivity index (χ3n) is 0.980. The van der Waals surface area contributed by atoms with Gasteiger partial charge in [0, 0.05) is 19.3 Å². The summed E-state index contributed by atoms with van der Waals surface area (Å²) in [5.41, 5.74) is 4.54. The first kappa shape index (κ1) is 11.0. The molecular formula is C8H16N2O2. The van der Waals surface area contributed by atoms with E-state index in [1.165, 1.54) is 12.3 Å². The lowest BCUT2D eigenvalue weighted by Gasteiger charge is -2.17. The van der Waals surface area contributed by atoms with Crippen LogP contribution in [-0.2, 0) is 4.74 Å². The molecule has 0 aliphatic heterocycles. The summed E-state index contributed by atoms with van der Waals surface area (Å²) in [6.07, 6.45) is 3.06. The average Bonchev–Trinajstić information content (AvgIpc) is 1.95. The van der Waals surface area contributed by atoms with Gasteiger partial charge in [-0.1, -0.05) is 0 Å². The fourth-order valence-electron chi connectivity index (χ4n) is 0.456. The molecule has 0 aromatic carbocycles. The summed E-state index contributed by atoms with van der Waals surface area (Å²) < 4.78 is 5.01.